The smallest absolute Gasteiger partial charge is 0.246 e. The number of hydrogen-bond acceptors (Lipinski definition) is 14. The van der Waals surface area contributed by atoms with E-state index in [1.54, 1.807) is 72.6 Å². The van der Waals surface area contributed by atoms with Crippen molar-refractivity contribution < 1.29 is 71.7 Å². The van der Waals surface area contributed by atoms with Crippen LogP contribution in [-0.4, -0.2) is 190 Å². The van der Waals surface area contributed by atoms with E-state index in [0.717, 1.165) is 16.0 Å². The number of carbonyl (C=O) groups is 11. The van der Waals surface area contributed by atoms with Crippen LogP contribution in [0.3, 0.4) is 0 Å². The first-order valence-corrected chi connectivity index (χ1v) is 34.1. The number of halogens is 1. The molecule has 26 nitrogen and oxygen atoms in total. The lowest BCUT2D eigenvalue weighted by molar-refractivity contribution is -0.148. The Hall–Kier alpha value is -9.76. The number of amides is 11. The summed E-state index contributed by atoms with van der Waals surface area (Å²) in [7, 11) is 1.50. The maximum atomic E-state index is 15.9. The molecule has 0 unspecified atom stereocenters. The summed E-state index contributed by atoms with van der Waals surface area (Å²) in [6.45, 7) is 4.10. The van der Waals surface area contributed by atoms with Crippen LogP contribution in [0.25, 0.3) is 10.9 Å². The largest absolute Gasteiger partial charge is 0.497 e. The first-order chi connectivity index (χ1) is 47.5. The van der Waals surface area contributed by atoms with Crippen LogP contribution in [0.2, 0.25) is 0 Å². The zero-order valence-corrected chi connectivity index (χ0v) is 56.3. The third kappa shape index (κ3) is 18.1. The second kappa shape index (κ2) is 32.7. The molecule has 1 aromatic heterocycles. The normalized spacial score (nSPS) is 25.7. The molecule has 11 rings (SSSR count). The Labute approximate surface area is 573 Å². The molecular formula is C72H89FN12O14. The average Bonchev–Trinajstić information content (AvgIpc) is 1.68. The monoisotopic (exact) mass is 1360 g/mol. The number of benzene rings is 4. The van der Waals surface area contributed by atoms with Gasteiger partial charge in [-0.1, -0.05) is 73.5 Å². The molecule has 27 heteroatoms. The minimum atomic E-state index is -1.82. The van der Waals surface area contributed by atoms with Crippen LogP contribution in [0.5, 0.6) is 5.75 Å². The second-order valence-corrected chi connectivity index (χ2v) is 26.6. The summed E-state index contributed by atoms with van der Waals surface area (Å²) in [6, 6.07) is 16.3. The molecule has 2 fully saturated rings. The lowest BCUT2D eigenvalue weighted by Crippen LogP contribution is -2.64. The van der Waals surface area contributed by atoms with Crippen LogP contribution in [0, 0.1) is 5.82 Å². The van der Waals surface area contributed by atoms with Crippen molar-refractivity contribution in [1.82, 2.24) is 61.8 Å². The highest BCUT2D eigenvalue weighted by atomic mass is 19.1. The number of aliphatic hydroxyl groups is 1. The van der Waals surface area contributed by atoms with Crippen LogP contribution in [0.4, 0.5) is 4.39 Å². The van der Waals surface area contributed by atoms with E-state index in [9.17, 15) is 33.9 Å². The molecule has 0 saturated carbocycles. The molecule has 7 heterocycles. The van der Waals surface area contributed by atoms with Crippen molar-refractivity contribution in [1.29, 1.82) is 0 Å². The summed E-state index contributed by atoms with van der Waals surface area (Å²) in [4.78, 5) is 165. The zero-order chi connectivity index (χ0) is 70.5. The highest BCUT2D eigenvalue weighted by Crippen LogP contribution is 2.32. The Morgan fingerprint density at radius 3 is 2.16 bits per heavy atom. The summed E-state index contributed by atoms with van der Waals surface area (Å²) < 4.78 is 29.2. The minimum Gasteiger partial charge on any atom is -0.497 e. The van der Waals surface area contributed by atoms with Crippen LogP contribution >= 0.6 is 0 Å². The van der Waals surface area contributed by atoms with Gasteiger partial charge in [0, 0.05) is 95.0 Å². The summed E-state index contributed by atoms with van der Waals surface area (Å²) in [6.07, 6.45) is 1.43. The van der Waals surface area contributed by atoms with Crippen molar-refractivity contribution in [3.8, 4) is 5.75 Å². The average molecular weight is 1370 g/mol. The Morgan fingerprint density at radius 1 is 0.657 bits per heavy atom. The minimum absolute atomic E-state index is 0.0314. The van der Waals surface area contributed by atoms with E-state index in [-0.39, 0.29) is 83.6 Å². The number of aliphatic hydroxyl groups excluding tert-OH is 1. The van der Waals surface area contributed by atoms with Crippen molar-refractivity contribution in [3.05, 3.63) is 136 Å². The predicted octanol–water partition coefficient (Wildman–Crippen LogP) is 1.81. The SMILES string of the molecule is COc1ccc(C[C@@H]2NC(=O)[C@H]([C@@H](C)O)NC(=O)[C@@H]3[C@@H]4CCN3C(=O)[C@@H]3Cc5cn(c6ccc(F)cc56)CCCCCCN(Cc5ccc(cc5)CCNC(=O)[C@]5(C)CCCN5C2=O)C(=O)CCC(=O)N[C@@H](C)C(=O)NCC(=O)N[C@@H](Cc2cccc(c2)CNC(=O)CO4)C(=O)N3)cc1. The number of rotatable bonds is 4. The van der Waals surface area contributed by atoms with E-state index < -0.39 is 132 Å². The lowest BCUT2D eigenvalue weighted by atomic mass is 9.95. The number of fused-ring (bicyclic) bond motifs is 16. The van der Waals surface area contributed by atoms with Crippen LogP contribution in [-0.2, 0) is 103 Å². The van der Waals surface area contributed by atoms with E-state index >= 15 is 28.4 Å². The Bertz CT molecular complexity index is 3830. The quantitative estimate of drug-likeness (QED) is 0.124. The third-order valence-electron chi connectivity index (χ3n) is 19.3. The third-order valence-corrected chi connectivity index (χ3v) is 19.3. The van der Waals surface area contributed by atoms with Crippen molar-refractivity contribution >= 4 is 75.9 Å². The van der Waals surface area contributed by atoms with Gasteiger partial charge >= 0.3 is 0 Å². The molecule has 2 saturated heterocycles. The Kier molecular flexibility index (Phi) is 23.8. The fraction of sp³-hybridized carbons (Fsp3) is 0.486. The van der Waals surface area contributed by atoms with E-state index in [4.69, 9.17) is 9.47 Å². The summed E-state index contributed by atoms with van der Waals surface area (Å²) in [5.41, 5.74) is 2.99. The van der Waals surface area contributed by atoms with Crippen molar-refractivity contribution in [2.75, 3.05) is 46.4 Å². The maximum absolute atomic E-state index is 15.9. The van der Waals surface area contributed by atoms with Gasteiger partial charge in [0.25, 0.3) is 0 Å². The molecule has 9 N–H and O–H groups in total. The van der Waals surface area contributed by atoms with Crippen LogP contribution in [0.15, 0.2) is 97.2 Å². The summed E-state index contributed by atoms with van der Waals surface area (Å²) >= 11 is 0. The van der Waals surface area contributed by atoms with Gasteiger partial charge in [0.2, 0.25) is 65.0 Å². The fourth-order valence-electron chi connectivity index (χ4n) is 13.8. The molecule has 9 atom stereocenters. The highest BCUT2D eigenvalue weighted by Gasteiger charge is 2.49. The number of nitrogens with one attached hydrogen (secondary N) is 8. The summed E-state index contributed by atoms with van der Waals surface area (Å²) in [5.74, 6) is -8.00. The maximum Gasteiger partial charge on any atom is 0.246 e. The van der Waals surface area contributed by atoms with E-state index in [1.165, 1.54) is 38.0 Å². The van der Waals surface area contributed by atoms with Gasteiger partial charge in [0.15, 0.2) is 0 Å². The molecule has 5 aromatic rings. The fourth-order valence-corrected chi connectivity index (χ4v) is 13.8. The second-order valence-electron chi connectivity index (χ2n) is 26.6. The van der Waals surface area contributed by atoms with Gasteiger partial charge in [-0.25, -0.2) is 4.39 Å². The van der Waals surface area contributed by atoms with Gasteiger partial charge in [-0.15, -0.1) is 0 Å². The molecular weight excluding hydrogens is 1280 g/mol. The van der Waals surface area contributed by atoms with Gasteiger partial charge in [-0.2, -0.15) is 0 Å². The number of nitrogens with zero attached hydrogens (tertiary/aromatic N) is 4. The molecule has 99 heavy (non-hydrogen) atoms. The van der Waals surface area contributed by atoms with Gasteiger partial charge in [-0.3, -0.25) is 52.7 Å². The molecule has 0 spiro atoms. The lowest BCUT2D eigenvalue weighted by Gasteiger charge is -2.37. The molecule has 12 bridgehead atoms. The first-order valence-electron chi connectivity index (χ1n) is 34.1. The van der Waals surface area contributed by atoms with Crippen LogP contribution in [0.1, 0.15) is 112 Å². The molecule has 11 amide bonds. The first kappa shape index (κ1) is 72.0. The Morgan fingerprint density at radius 2 is 1.40 bits per heavy atom. The number of carbonyl (C=O) groups excluding carboxylic acids is 11. The summed E-state index contributed by atoms with van der Waals surface area (Å²) in [5, 5.41) is 33.9. The predicted molar refractivity (Wildman–Crippen MR) is 360 cm³/mol. The van der Waals surface area contributed by atoms with Gasteiger partial charge in [0.1, 0.15) is 60.0 Å². The van der Waals surface area contributed by atoms with Crippen molar-refractivity contribution in [2.45, 2.75) is 178 Å². The molecule has 6 aliphatic heterocycles. The topological polar surface area (TPSA) is 337 Å². The molecule has 0 aliphatic carbocycles. The van der Waals surface area contributed by atoms with Gasteiger partial charge < -0.3 is 76.4 Å². The Balaban J connectivity index is 1.07. The molecule has 4 aromatic carbocycles. The molecule has 528 valence electrons. The number of methoxy groups -OCH3 is 1. The van der Waals surface area contributed by atoms with Crippen LogP contribution < -0.4 is 47.3 Å². The van der Waals surface area contributed by atoms with Gasteiger partial charge in [0.05, 0.1) is 25.9 Å². The van der Waals surface area contributed by atoms with Gasteiger partial charge in [-0.05, 0) is 123 Å². The zero-order valence-electron chi connectivity index (χ0n) is 56.3. The number of aromatic nitrogens is 1. The number of hydrogen-bond donors (Lipinski definition) is 9. The van der Waals surface area contributed by atoms with Crippen molar-refractivity contribution in [3.63, 3.8) is 0 Å². The van der Waals surface area contributed by atoms with E-state index in [1.807, 2.05) is 28.8 Å². The number of aryl methyl sites for hydroxylation is 1. The highest BCUT2D eigenvalue weighted by molar-refractivity contribution is 6.00. The van der Waals surface area contributed by atoms with E-state index in [0.29, 0.717) is 90.5 Å². The number of ether oxygens (including phenoxy) is 2. The van der Waals surface area contributed by atoms with Crippen molar-refractivity contribution in [2.24, 2.45) is 0 Å². The molecule has 0 radical (unpaired) electrons. The standard InChI is InChI=1S/C72H89FN12O14/c1-43-65(91)76-39-60(88)78-54-35-48-11-9-12-49(33-48)38-75-61(89)42-99-58-26-32-84-64(58)68(94)81-63(44(2)86)67(93)80-55(34-46-17-20-52(98-4)21-18-46)70(96)85-31-10-27-72(85,3)71(97)74-28-25-45-13-15-47(16-14-45)40-83(62(90)24-23-59(87)77-43)30-8-6-5-7-29-82-41-50(36-56(69(84)95)79-66(54)92)53-37-51(73)19-22-57(53)82/h9,11-22,33,37,41,43-44,54-56,58,63-64,86H,5-8,10,23-32,34-36,38-40,42H2,1-4H3,(H,74,97)(H,75,89)(H,76,91)(H,77,87)(H,78,88)(H,79,92)(H,80,93)(H,81,94)/t43-,44+,54-,55-,56-,58-,63-,64-,72-/m0/s1. The molecule has 6 aliphatic rings. The van der Waals surface area contributed by atoms with E-state index in [2.05, 4.69) is 42.5 Å².